The number of thioether (sulfide) groups is 1. The summed E-state index contributed by atoms with van der Waals surface area (Å²) in [4.78, 5) is 31.2. The molecule has 1 aromatic heterocycles. The second-order valence-electron chi connectivity index (χ2n) is 5.80. The number of nitrogens with zero attached hydrogens (tertiary/aromatic N) is 2. The van der Waals surface area contributed by atoms with E-state index >= 15 is 0 Å². The van der Waals surface area contributed by atoms with Crippen molar-refractivity contribution in [2.24, 2.45) is 0 Å². The number of carbonyl (C=O) groups is 2. The summed E-state index contributed by atoms with van der Waals surface area (Å²) in [6, 6.07) is -0.395. The molecule has 1 aliphatic rings. The molecule has 0 saturated carbocycles. The van der Waals surface area contributed by atoms with Crippen LogP contribution in [0.5, 0.6) is 0 Å². The number of thiazole rings is 1. The SMILES string of the molecule is Cc1ncsc1C(=O)N1CSCC1C(=O)NC(C)(C)C. The van der Waals surface area contributed by atoms with Crippen LogP contribution >= 0.6 is 23.1 Å². The topological polar surface area (TPSA) is 62.3 Å². The minimum atomic E-state index is -0.395. The molecule has 7 heteroatoms. The van der Waals surface area contributed by atoms with E-state index in [1.807, 2.05) is 27.7 Å². The summed E-state index contributed by atoms with van der Waals surface area (Å²) < 4.78 is 0. The van der Waals surface area contributed by atoms with Crippen molar-refractivity contribution in [3.05, 3.63) is 16.1 Å². The highest BCUT2D eigenvalue weighted by atomic mass is 32.2. The van der Waals surface area contributed by atoms with E-state index in [9.17, 15) is 9.59 Å². The van der Waals surface area contributed by atoms with Crippen LogP contribution in [-0.2, 0) is 4.79 Å². The predicted octanol–water partition coefficient (Wildman–Crippen LogP) is 1.88. The largest absolute Gasteiger partial charge is 0.350 e. The fraction of sp³-hybridized carbons (Fsp3) is 0.615. The first-order valence-electron chi connectivity index (χ1n) is 6.40. The maximum atomic E-state index is 12.5. The summed E-state index contributed by atoms with van der Waals surface area (Å²) in [5, 5.41) is 2.95. The molecule has 2 amide bonds. The van der Waals surface area contributed by atoms with E-state index in [2.05, 4.69) is 10.3 Å². The van der Waals surface area contributed by atoms with Gasteiger partial charge in [0.1, 0.15) is 10.9 Å². The van der Waals surface area contributed by atoms with Gasteiger partial charge in [-0.15, -0.1) is 23.1 Å². The number of hydrogen-bond acceptors (Lipinski definition) is 5. The molecule has 110 valence electrons. The minimum Gasteiger partial charge on any atom is -0.350 e. The molecule has 0 spiro atoms. The smallest absolute Gasteiger partial charge is 0.267 e. The molecule has 1 aliphatic heterocycles. The Morgan fingerprint density at radius 1 is 1.45 bits per heavy atom. The predicted molar refractivity (Wildman–Crippen MR) is 82.0 cm³/mol. The van der Waals surface area contributed by atoms with Gasteiger partial charge in [0.15, 0.2) is 0 Å². The molecule has 0 aromatic carbocycles. The van der Waals surface area contributed by atoms with Gasteiger partial charge in [-0.3, -0.25) is 9.59 Å². The maximum absolute atomic E-state index is 12.5. The third-order valence-electron chi connectivity index (χ3n) is 2.88. The average molecular weight is 313 g/mol. The van der Waals surface area contributed by atoms with Gasteiger partial charge in [-0.2, -0.15) is 0 Å². The number of rotatable bonds is 2. The molecule has 0 radical (unpaired) electrons. The Labute approximate surface area is 127 Å². The van der Waals surface area contributed by atoms with Crippen LogP contribution in [0.2, 0.25) is 0 Å². The third-order valence-corrected chi connectivity index (χ3v) is 4.81. The Morgan fingerprint density at radius 3 is 2.70 bits per heavy atom. The van der Waals surface area contributed by atoms with Crippen LogP contribution < -0.4 is 5.32 Å². The molecule has 0 bridgehead atoms. The van der Waals surface area contributed by atoms with Crippen molar-refractivity contribution in [1.29, 1.82) is 0 Å². The number of hydrogen-bond donors (Lipinski definition) is 1. The van der Waals surface area contributed by atoms with Crippen molar-refractivity contribution in [2.75, 3.05) is 11.6 Å². The van der Waals surface area contributed by atoms with Gasteiger partial charge in [0.05, 0.1) is 17.1 Å². The minimum absolute atomic E-state index is 0.0852. The van der Waals surface area contributed by atoms with Crippen molar-refractivity contribution in [1.82, 2.24) is 15.2 Å². The van der Waals surface area contributed by atoms with Crippen molar-refractivity contribution in [3.63, 3.8) is 0 Å². The molecule has 2 heterocycles. The lowest BCUT2D eigenvalue weighted by Gasteiger charge is -2.27. The summed E-state index contributed by atoms with van der Waals surface area (Å²) in [7, 11) is 0. The van der Waals surface area contributed by atoms with Crippen molar-refractivity contribution >= 4 is 34.9 Å². The van der Waals surface area contributed by atoms with Crippen molar-refractivity contribution in [3.8, 4) is 0 Å². The van der Waals surface area contributed by atoms with E-state index in [0.717, 1.165) is 5.69 Å². The number of aromatic nitrogens is 1. The molecule has 2 rings (SSSR count). The highest BCUT2D eigenvalue weighted by molar-refractivity contribution is 7.99. The van der Waals surface area contributed by atoms with Gasteiger partial charge in [-0.25, -0.2) is 4.98 Å². The van der Waals surface area contributed by atoms with E-state index in [4.69, 9.17) is 0 Å². The first-order chi connectivity index (χ1) is 9.29. The molecule has 1 atom stereocenters. The summed E-state index contributed by atoms with van der Waals surface area (Å²) in [5.41, 5.74) is 2.10. The van der Waals surface area contributed by atoms with Crippen molar-refractivity contribution < 1.29 is 9.59 Å². The third kappa shape index (κ3) is 3.32. The quantitative estimate of drug-likeness (QED) is 0.905. The number of nitrogens with one attached hydrogen (secondary N) is 1. The number of aryl methyl sites for hydroxylation is 1. The van der Waals surface area contributed by atoms with Gasteiger partial charge in [-0.05, 0) is 27.7 Å². The van der Waals surface area contributed by atoms with Gasteiger partial charge >= 0.3 is 0 Å². The Morgan fingerprint density at radius 2 is 2.15 bits per heavy atom. The van der Waals surface area contributed by atoms with Crippen LogP contribution in [-0.4, -0.2) is 44.9 Å². The summed E-state index contributed by atoms with van der Waals surface area (Å²) in [5.74, 6) is 1.02. The fourth-order valence-electron chi connectivity index (χ4n) is 1.95. The first-order valence-corrected chi connectivity index (χ1v) is 8.44. The first kappa shape index (κ1) is 15.3. The molecule has 5 nitrogen and oxygen atoms in total. The Bertz CT molecular complexity index is 522. The maximum Gasteiger partial charge on any atom is 0.267 e. The fourth-order valence-corrected chi connectivity index (χ4v) is 3.86. The van der Waals surface area contributed by atoms with E-state index in [1.165, 1.54) is 11.3 Å². The van der Waals surface area contributed by atoms with Gasteiger partial charge in [0, 0.05) is 11.3 Å². The summed E-state index contributed by atoms with van der Waals surface area (Å²) in [6.07, 6.45) is 0. The molecule has 0 aliphatic carbocycles. The van der Waals surface area contributed by atoms with Gasteiger partial charge in [-0.1, -0.05) is 0 Å². The van der Waals surface area contributed by atoms with E-state index < -0.39 is 6.04 Å². The zero-order chi connectivity index (χ0) is 14.9. The Balaban J connectivity index is 2.13. The molecular formula is C13H19N3O2S2. The van der Waals surface area contributed by atoms with E-state index in [1.54, 1.807) is 22.2 Å². The van der Waals surface area contributed by atoms with E-state index in [0.29, 0.717) is 16.5 Å². The highest BCUT2D eigenvalue weighted by Gasteiger charge is 2.37. The zero-order valence-corrected chi connectivity index (χ0v) is 13.7. The van der Waals surface area contributed by atoms with Crippen molar-refractivity contribution in [2.45, 2.75) is 39.3 Å². The average Bonchev–Trinajstić information content (AvgIpc) is 2.93. The van der Waals surface area contributed by atoms with Gasteiger partial charge in [0.2, 0.25) is 5.91 Å². The summed E-state index contributed by atoms with van der Waals surface area (Å²) in [6.45, 7) is 7.63. The van der Waals surface area contributed by atoms with Gasteiger partial charge < -0.3 is 10.2 Å². The van der Waals surface area contributed by atoms with E-state index in [-0.39, 0.29) is 17.4 Å². The molecule has 1 saturated heterocycles. The second kappa shape index (κ2) is 5.73. The molecular weight excluding hydrogens is 294 g/mol. The lowest BCUT2D eigenvalue weighted by atomic mass is 10.1. The molecule has 1 fully saturated rings. The van der Waals surface area contributed by atoms with Crippen LogP contribution in [0.1, 0.15) is 36.1 Å². The molecule has 20 heavy (non-hydrogen) atoms. The Hall–Kier alpha value is -1.08. The summed E-state index contributed by atoms with van der Waals surface area (Å²) >= 11 is 2.93. The monoisotopic (exact) mass is 313 g/mol. The lowest BCUT2D eigenvalue weighted by molar-refractivity contribution is -0.125. The number of amides is 2. The standard InChI is InChI=1S/C13H19N3O2S2/c1-8-10(20-6-14-8)12(18)16-7-19-5-9(16)11(17)15-13(2,3)4/h6,9H,5,7H2,1-4H3,(H,15,17). The normalized spacial score (nSPS) is 19.2. The zero-order valence-electron chi connectivity index (χ0n) is 12.1. The van der Waals surface area contributed by atoms with Crippen LogP contribution in [0.3, 0.4) is 0 Å². The van der Waals surface area contributed by atoms with Crippen LogP contribution in [0.15, 0.2) is 5.51 Å². The molecule has 1 unspecified atom stereocenters. The highest BCUT2D eigenvalue weighted by Crippen LogP contribution is 2.26. The molecule has 1 aromatic rings. The Kier molecular flexibility index (Phi) is 4.39. The van der Waals surface area contributed by atoms with Crippen LogP contribution in [0.25, 0.3) is 0 Å². The molecule has 1 N–H and O–H groups in total. The second-order valence-corrected chi connectivity index (χ2v) is 7.65. The lowest BCUT2D eigenvalue weighted by Crippen LogP contribution is -2.52. The van der Waals surface area contributed by atoms with Crippen LogP contribution in [0, 0.1) is 6.92 Å². The number of carbonyl (C=O) groups excluding carboxylic acids is 2. The van der Waals surface area contributed by atoms with Crippen LogP contribution in [0.4, 0.5) is 0 Å². The van der Waals surface area contributed by atoms with Gasteiger partial charge in [0.25, 0.3) is 5.91 Å².